The molecular weight excluding hydrogens is 296 g/mol. The Kier molecular flexibility index (Phi) is 5.47. The Hall–Kier alpha value is -1.23. The summed E-state index contributed by atoms with van der Waals surface area (Å²) in [6.07, 6.45) is 0.234. The molecule has 100 valence electrons. The Morgan fingerprint density at radius 3 is 2.67 bits per heavy atom. The normalized spacial score (nSPS) is 13.7. The largest absolute Gasteiger partial charge is 0.482 e. The minimum Gasteiger partial charge on any atom is -0.482 e. The first-order chi connectivity index (χ1) is 8.49. The van der Waals surface area contributed by atoms with Gasteiger partial charge in [-0.1, -0.05) is 41.9 Å². The number of nitrogens with zero attached hydrogens (tertiary/aromatic N) is 1. The Labute approximate surface area is 116 Å². The van der Waals surface area contributed by atoms with Gasteiger partial charge in [-0.3, -0.25) is 0 Å². The van der Waals surface area contributed by atoms with Crippen LogP contribution in [0.25, 0.3) is 0 Å². The summed E-state index contributed by atoms with van der Waals surface area (Å²) in [5.41, 5.74) is 6.69. The van der Waals surface area contributed by atoms with Crippen molar-refractivity contribution in [1.29, 1.82) is 0 Å². The summed E-state index contributed by atoms with van der Waals surface area (Å²) in [6, 6.07) is 5.84. The third kappa shape index (κ3) is 3.63. The van der Waals surface area contributed by atoms with Crippen LogP contribution in [0.15, 0.2) is 27.8 Å². The Morgan fingerprint density at radius 2 is 2.17 bits per heavy atom. The van der Waals surface area contributed by atoms with E-state index >= 15 is 0 Å². The molecule has 0 saturated heterocycles. The van der Waals surface area contributed by atoms with Crippen molar-refractivity contribution < 1.29 is 9.94 Å². The molecule has 1 rings (SSSR count). The van der Waals surface area contributed by atoms with Gasteiger partial charge in [-0.25, -0.2) is 0 Å². The van der Waals surface area contributed by atoms with Gasteiger partial charge in [0.2, 0.25) is 0 Å². The van der Waals surface area contributed by atoms with Gasteiger partial charge in [-0.05, 0) is 36.1 Å². The van der Waals surface area contributed by atoms with E-state index in [1.165, 1.54) is 0 Å². The van der Waals surface area contributed by atoms with Crippen LogP contribution >= 0.6 is 15.9 Å². The molecule has 1 unspecified atom stereocenters. The third-order valence-corrected chi connectivity index (χ3v) is 3.17. The van der Waals surface area contributed by atoms with Crippen LogP contribution in [-0.2, 0) is 0 Å². The standard InChI is InChI=1S/C13H19BrN2O2/c1-4-11(13(15)16-17)18-12-6-5-9(14)7-10(12)8(2)3/h5-8,11,17H,4H2,1-3H3,(H2,15,16). The Bertz CT molecular complexity index is 433. The molecule has 0 spiro atoms. The molecular formula is C13H19BrN2O2. The summed E-state index contributed by atoms with van der Waals surface area (Å²) >= 11 is 3.45. The van der Waals surface area contributed by atoms with Gasteiger partial charge in [0.05, 0.1) is 0 Å². The predicted molar refractivity (Wildman–Crippen MR) is 76.3 cm³/mol. The topological polar surface area (TPSA) is 67.8 Å². The van der Waals surface area contributed by atoms with E-state index in [9.17, 15) is 0 Å². The van der Waals surface area contributed by atoms with Gasteiger partial charge in [0, 0.05) is 4.47 Å². The second-order valence-electron chi connectivity index (χ2n) is 4.38. The lowest BCUT2D eigenvalue weighted by Gasteiger charge is -2.20. The van der Waals surface area contributed by atoms with Crippen LogP contribution in [0, 0.1) is 0 Å². The van der Waals surface area contributed by atoms with Crippen LogP contribution in [0.2, 0.25) is 0 Å². The van der Waals surface area contributed by atoms with Gasteiger partial charge in [-0.2, -0.15) is 0 Å². The van der Waals surface area contributed by atoms with Crippen LogP contribution in [0.1, 0.15) is 38.7 Å². The smallest absolute Gasteiger partial charge is 0.180 e. The molecule has 0 aliphatic carbocycles. The molecule has 0 bridgehead atoms. The number of halogens is 1. The highest BCUT2D eigenvalue weighted by atomic mass is 79.9. The number of nitrogens with two attached hydrogens (primary N) is 1. The zero-order valence-electron chi connectivity index (χ0n) is 10.9. The average Bonchev–Trinajstić information content (AvgIpc) is 2.36. The van der Waals surface area contributed by atoms with Crippen molar-refractivity contribution in [2.75, 3.05) is 0 Å². The number of hydrogen-bond donors (Lipinski definition) is 2. The zero-order chi connectivity index (χ0) is 13.7. The minimum absolute atomic E-state index is 0.0927. The summed E-state index contributed by atoms with van der Waals surface area (Å²) in [7, 11) is 0. The maximum absolute atomic E-state index is 8.71. The molecule has 0 amide bonds. The number of rotatable bonds is 5. The van der Waals surface area contributed by atoms with E-state index in [2.05, 4.69) is 34.9 Å². The van der Waals surface area contributed by atoms with E-state index in [4.69, 9.17) is 15.7 Å². The van der Waals surface area contributed by atoms with E-state index in [-0.39, 0.29) is 5.84 Å². The molecule has 5 heteroatoms. The highest BCUT2D eigenvalue weighted by molar-refractivity contribution is 9.10. The summed E-state index contributed by atoms with van der Waals surface area (Å²) in [5, 5.41) is 11.7. The third-order valence-electron chi connectivity index (χ3n) is 2.68. The van der Waals surface area contributed by atoms with Crippen LogP contribution in [-0.4, -0.2) is 17.1 Å². The lowest BCUT2D eigenvalue weighted by molar-refractivity contribution is 0.244. The SMILES string of the molecule is CCC(Oc1ccc(Br)cc1C(C)C)/C(N)=N/O. The molecule has 1 aromatic rings. The van der Waals surface area contributed by atoms with E-state index < -0.39 is 6.10 Å². The van der Waals surface area contributed by atoms with Crippen molar-refractivity contribution in [3.63, 3.8) is 0 Å². The second kappa shape index (κ2) is 6.64. The van der Waals surface area contributed by atoms with Crippen molar-refractivity contribution in [3.05, 3.63) is 28.2 Å². The van der Waals surface area contributed by atoms with E-state index in [1.54, 1.807) is 0 Å². The van der Waals surface area contributed by atoms with Gasteiger partial charge in [0.15, 0.2) is 11.9 Å². The Morgan fingerprint density at radius 1 is 1.50 bits per heavy atom. The molecule has 0 aliphatic rings. The van der Waals surface area contributed by atoms with Crippen molar-refractivity contribution in [1.82, 2.24) is 0 Å². The Balaban J connectivity index is 3.02. The number of ether oxygens (including phenoxy) is 1. The van der Waals surface area contributed by atoms with E-state index in [0.29, 0.717) is 12.3 Å². The molecule has 18 heavy (non-hydrogen) atoms. The number of benzene rings is 1. The summed E-state index contributed by atoms with van der Waals surface area (Å²) in [4.78, 5) is 0. The fourth-order valence-corrected chi connectivity index (χ4v) is 2.03. The zero-order valence-corrected chi connectivity index (χ0v) is 12.4. The molecule has 0 radical (unpaired) electrons. The first kappa shape index (κ1) is 14.8. The average molecular weight is 315 g/mol. The van der Waals surface area contributed by atoms with Gasteiger partial charge in [-0.15, -0.1) is 0 Å². The lowest BCUT2D eigenvalue weighted by Crippen LogP contribution is -2.33. The minimum atomic E-state index is -0.409. The molecule has 0 saturated carbocycles. The van der Waals surface area contributed by atoms with Crippen molar-refractivity contribution in [2.24, 2.45) is 10.9 Å². The molecule has 0 fully saturated rings. The fraction of sp³-hybridized carbons (Fsp3) is 0.462. The first-order valence-corrected chi connectivity index (χ1v) is 6.72. The summed E-state index contributed by atoms with van der Waals surface area (Å²) < 4.78 is 6.84. The van der Waals surface area contributed by atoms with Crippen LogP contribution in [0.5, 0.6) is 5.75 Å². The van der Waals surface area contributed by atoms with Gasteiger partial charge < -0.3 is 15.7 Å². The van der Waals surface area contributed by atoms with Gasteiger partial charge in [0.25, 0.3) is 0 Å². The second-order valence-corrected chi connectivity index (χ2v) is 5.29. The lowest BCUT2D eigenvalue weighted by atomic mass is 10.0. The van der Waals surface area contributed by atoms with Crippen LogP contribution in [0.3, 0.4) is 0 Å². The van der Waals surface area contributed by atoms with Gasteiger partial charge in [0.1, 0.15) is 5.75 Å². The van der Waals surface area contributed by atoms with Crippen LogP contribution < -0.4 is 10.5 Å². The maximum atomic E-state index is 8.71. The quantitative estimate of drug-likeness (QED) is 0.378. The molecule has 4 nitrogen and oxygen atoms in total. The first-order valence-electron chi connectivity index (χ1n) is 5.93. The molecule has 1 aromatic carbocycles. The maximum Gasteiger partial charge on any atom is 0.180 e. The predicted octanol–water partition coefficient (Wildman–Crippen LogP) is 3.48. The number of amidine groups is 1. The monoisotopic (exact) mass is 314 g/mol. The van der Waals surface area contributed by atoms with Crippen molar-refractivity contribution in [3.8, 4) is 5.75 Å². The summed E-state index contributed by atoms with van der Waals surface area (Å²) in [5.74, 6) is 1.20. The number of hydrogen-bond acceptors (Lipinski definition) is 3. The highest BCUT2D eigenvalue weighted by Gasteiger charge is 2.17. The van der Waals surface area contributed by atoms with Crippen molar-refractivity contribution >= 4 is 21.8 Å². The summed E-state index contributed by atoms with van der Waals surface area (Å²) in [6.45, 7) is 6.12. The van der Waals surface area contributed by atoms with Crippen LogP contribution in [0.4, 0.5) is 0 Å². The highest BCUT2D eigenvalue weighted by Crippen LogP contribution is 2.30. The van der Waals surface area contributed by atoms with Crippen molar-refractivity contribution in [2.45, 2.75) is 39.2 Å². The molecule has 0 aromatic heterocycles. The molecule has 0 heterocycles. The molecule has 1 atom stereocenters. The fourth-order valence-electron chi connectivity index (χ4n) is 1.65. The molecule has 3 N–H and O–H groups in total. The number of oxime groups is 1. The van der Waals surface area contributed by atoms with E-state index in [0.717, 1.165) is 15.8 Å². The van der Waals surface area contributed by atoms with Gasteiger partial charge >= 0.3 is 0 Å². The molecule has 0 aliphatic heterocycles. The van der Waals surface area contributed by atoms with E-state index in [1.807, 2.05) is 25.1 Å².